The summed E-state index contributed by atoms with van der Waals surface area (Å²) in [5.41, 5.74) is 2.03. The second-order valence-corrected chi connectivity index (χ2v) is 6.77. The van der Waals surface area contributed by atoms with E-state index in [4.69, 9.17) is 4.74 Å². The molecular formula is C22H19F3N2O3. The van der Waals surface area contributed by atoms with Crippen LogP contribution in [0.25, 0.3) is 17.0 Å². The summed E-state index contributed by atoms with van der Waals surface area (Å²) in [7, 11) is 0. The van der Waals surface area contributed by atoms with Gasteiger partial charge in [-0.05, 0) is 32.1 Å². The minimum atomic E-state index is -4.40. The maximum atomic E-state index is 12.7. The zero-order valence-electron chi connectivity index (χ0n) is 16.4. The number of pyridine rings is 1. The number of para-hydroxylation sites is 1. The Balaban J connectivity index is 1.66. The Morgan fingerprint density at radius 1 is 1.17 bits per heavy atom. The number of alkyl halides is 3. The Labute approximate surface area is 170 Å². The Morgan fingerprint density at radius 2 is 1.90 bits per heavy atom. The van der Waals surface area contributed by atoms with E-state index >= 15 is 0 Å². The van der Waals surface area contributed by atoms with Crippen molar-refractivity contribution in [3.05, 3.63) is 71.2 Å². The van der Waals surface area contributed by atoms with Crippen molar-refractivity contribution in [1.82, 2.24) is 9.55 Å². The molecule has 1 aromatic carbocycles. The van der Waals surface area contributed by atoms with Gasteiger partial charge in [-0.25, -0.2) is 4.79 Å². The lowest BCUT2D eigenvalue weighted by molar-refractivity contribution is -0.141. The van der Waals surface area contributed by atoms with Gasteiger partial charge in [-0.15, -0.1) is 0 Å². The van der Waals surface area contributed by atoms with E-state index in [-0.39, 0.29) is 11.3 Å². The van der Waals surface area contributed by atoms with Gasteiger partial charge in [0.05, 0.1) is 5.52 Å². The second-order valence-electron chi connectivity index (χ2n) is 6.77. The van der Waals surface area contributed by atoms with E-state index < -0.39 is 31.1 Å². The number of ether oxygens (including phenoxy) is 1. The van der Waals surface area contributed by atoms with Gasteiger partial charge in [0.2, 0.25) is 5.78 Å². The first kappa shape index (κ1) is 21.3. The van der Waals surface area contributed by atoms with E-state index in [1.807, 2.05) is 18.2 Å². The third-order valence-electron chi connectivity index (χ3n) is 4.62. The molecule has 156 valence electrons. The van der Waals surface area contributed by atoms with E-state index in [1.165, 1.54) is 32.1 Å². The van der Waals surface area contributed by atoms with Crippen LogP contribution in [-0.2, 0) is 16.1 Å². The number of halogens is 3. The fraction of sp³-hybridized carbons (Fsp3) is 0.227. The number of benzene rings is 1. The van der Waals surface area contributed by atoms with Crippen molar-refractivity contribution in [2.24, 2.45) is 0 Å². The van der Waals surface area contributed by atoms with Gasteiger partial charge in [-0.3, -0.25) is 9.78 Å². The number of carbonyl (C=O) groups excluding carboxylic acids is 2. The molecule has 0 atom stereocenters. The highest BCUT2D eigenvalue weighted by Crippen LogP contribution is 2.23. The van der Waals surface area contributed by atoms with Crippen LogP contribution in [0.1, 0.15) is 27.3 Å². The zero-order chi connectivity index (χ0) is 21.9. The lowest BCUT2D eigenvalue weighted by atomic mass is 10.1. The minimum Gasteiger partial charge on any atom is -0.454 e. The van der Waals surface area contributed by atoms with Crippen LogP contribution in [0.4, 0.5) is 13.2 Å². The lowest BCUT2D eigenvalue weighted by Gasteiger charge is -2.12. The molecule has 0 amide bonds. The standard InChI is InChI=1S/C22H19F3N2O3/c1-14-11-18(15(2)27(14)13-22(23,24)25)19(28)12-30-20(29)9-8-17-6-3-5-16-7-4-10-26-21(16)17/h3-11H,12-13H2,1-2H3/b9-8-. The van der Waals surface area contributed by atoms with Crippen LogP contribution in [-0.4, -0.2) is 34.1 Å². The highest BCUT2D eigenvalue weighted by Gasteiger charge is 2.30. The molecular weight excluding hydrogens is 397 g/mol. The van der Waals surface area contributed by atoms with Gasteiger partial charge in [0, 0.05) is 40.2 Å². The molecule has 3 rings (SSSR count). The molecule has 8 heteroatoms. The van der Waals surface area contributed by atoms with Crippen molar-refractivity contribution in [3.8, 4) is 0 Å². The van der Waals surface area contributed by atoms with Crippen molar-refractivity contribution in [1.29, 1.82) is 0 Å². The third-order valence-corrected chi connectivity index (χ3v) is 4.62. The predicted molar refractivity (Wildman–Crippen MR) is 106 cm³/mol. The quantitative estimate of drug-likeness (QED) is 0.333. The highest BCUT2D eigenvalue weighted by molar-refractivity contribution is 6.00. The van der Waals surface area contributed by atoms with Crippen molar-refractivity contribution >= 4 is 28.7 Å². The molecule has 0 bridgehead atoms. The Bertz CT molecular complexity index is 1130. The van der Waals surface area contributed by atoms with Gasteiger partial charge in [0.15, 0.2) is 6.61 Å². The predicted octanol–water partition coefficient (Wildman–Crippen LogP) is 4.65. The summed E-state index contributed by atoms with van der Waals surface area (Å²) in [6.07, 6.45) is -0.0322. The van der Waals surface area contributed by atoms with Crippen molar-refractivity contribution < 1.29 is 27.5 Å². The van der Waals surface area contributed by atoms with E-state index in [2.05, 4.69) is 4.98 Å². The van der Waals surface area contributed by atoms with Crippen molar-refractivity contribution in [2.45, 2.75) is 26.6 Å². The average molecular weight is 416 g/mol. The summed E-state index contributed by atoms with van der Waals surface area (Å²) in [5.74, 6) is -1.30. The van der Waals surface area contributed by atoms with Crippen LogP contribution in [0.5, 0.6) is 0 Å². The second kappa shape index (κ2) is 8.52. The third kappa shape index (κ3) is 4.94. The molecule has 0 saturated heterocycles. The Hall–Kier alpha value is -3.42. The molecule has 0 saturated carbocycles. The molecule has 0 spiro atoms. The van der Waals surface area contributed by atoms with Gasteiger partial charge in [0.1, 0.15) is 6.54 Å². The SMILES string of the molecule is Cc1cc(C(=O)COC(=O)/C=C\c2cccc3cccnc23)c(C)n1CC(F)(F)F. The normalized spacial score (nSPS) is 11.9. The molecule has 0 aliphatic heterocycles. The first-order valence-electron chi connectivity index (χ1n) is 9.11. The first-order chi connectivity index (χ1) is 14.2. The Kier molecular flexibility index (Phi) is 6.05. The van der Waals surface area contributed by atoms with Crippen molar-refractivity contribution in [3.63, 3.8) is 0 Å². The van der Waals surface area contributed by atoms with Crippen molar-refractivity contribution in [2.75, 3.05) is 6.61 Å². The first-order valence-corrected chi connectivity index (χ1v) is 9.11. The molecule has 0 N–H and O–H groups in total. The number of aryl methyl sites for hydroxylation is 1. The fourth-order valence-corrected chi connectivity index (χ4v) is 3.19. The summed E-state index contributed by atoms with van der Waals surface area (Å²) >= 11 is 0. The highest BCUT2D eigenvalue weighted by atomic mass is 19.4. The maximum absolute atomic E-state index is 12.7. The van der Waals surface area contributed by atoms with E-state index in [0.717, 1.165) is 15.5 Å². The Morgan fingerprint density at radius 3 is 2.63 bits per heavy atom. The number of ketones is 1. The summed E-state index contributed by atoms with van der Waals surface area (Å²) in [6.45, 7) is 1.18. The number of aromatic nitrogens is 2. The van der Waals surface area contributed by atoms with Crippen LogP contribution < -0.4 is 0 Å². The minimum absolute atomic E-state index is 0.104. The van der Waals surface area contributed by atoms with Crippen LogP contribution in [0, 0.1) is 13.8 Å². The van der Waals surface area contributed by atoms with Gasteiger partial charge in [-0.2, -0.15) is 13.2 Å². The summed E-state index contributed by atoms with van der Waals surface area (Å²) < 4.78 is 44.1. The molecule has 0 fully saturated rings. The van der Waals surface area contributed by atoms with Gasteiger partial charge >= 0.3 is 12.1 Å². The molecule has 0 unspecified atom stereocenters. The summed E-state index contributed by atoms with van der Waals surface area (Å²) in [5, 5.41) is 0.914. The molecule has 2 heterocycles. The zero-order valence-corrected chi connectivity index (χ0v) is 16.4. The molecule has 0 aliphatic rings. The van der Waals surface area contributed by atoms with Crippen LogP contribution in [0.2, 0.25) is 0 Å². The topological polar surface area (TPSA) is 61.2 Å². The number of nitrogens with zero attached hydrogens (tertiary/aromatic N) is 2. The van der Waals surface area contributed by atoms with Gasteiger partial charge < -0.3 is 9.30 Å². The number of esters is 1. The largest absolute Gasteiger partial charge is 0.454 e. The maximum Gasteiger partial charge on any atom is 0.406 e. The van der Waals surface area contributed by atoms with Crippen LogP contribution in [0.3, 0.4) is 0 Å². The van der Waals surface area contributed by atoms with E-state index in [1.54, 1.807) is 18.3 Å². The van der Waals surface area contributed by atoms with E-state index in [9.17, 15) is 22.8 Å². The smallest absolute Gasteiger partial charge is 0.406 e. The average Bonchev–Trinajstić information content (AvgIpc) is 2.97. The monoisotopic (exact) mass is 416 g/mol. The number of hydrogen-bond donors (Lipinski definition) is 0. The molecule has 30 heavy (non-hydrogen) atoms. The molecule has 3 aromatic rings. The summed E-state index contributed by atoms with van der Waals surface area (Å²) in [6, 6.07) is 10.6. The molecule has 0 aliphatic carbocycles. The number of hydrogen-bond acceptors (Lipinski definition) is 4. The lowest BCUT2D eigenvalue weighted by Crippen LogP contribution is -2.20. The van der Waals surface area contributed by atoms with Gasteiger partial charge in [-0.1, -0.05) is 24.3 Å². The fourth-order valence-electron chi connectivity index (χ4n) is 3.19. The molecule has 0 radical (unpaired) electrons. The number of Topliss-reactive ketones (excluding diaryl/α,β-unsaturated/α-hetero) is 1. The number of carbonyl (C=O) groups is 2. The van der Waals surface area contributed by atoms with Crippen LogP contribution in [0.15, 0.2) is 48.7 Å². The van der Waals surface area contributed by atoms with Crippen LogP contribution >= 0.6 is 0 Å². The molecule has 5 nitrogen and oxygen atoms in total. The summed E-state index contributed by atoms with van der Waals surface area (Å²) in [4.78, 5) is 28.6. The number of rotatable bonds is 6. The van der Waals surface area contributed by atoms with Gasteiger partial charge in [0.25, 0.3) is 0 Å². The van der Waals surface area contributed by atoms with E-state index in [0.29, 0.717) is 11.3 Å². The molecule has 2 aromatic heterocycles. The number of fused-ring (bicyclic) bond motifs is 1.